The molecule has 0 amide bonds. The summed E-state index contributed by atoms with van der Waals surface area (Å²) < 4.78 is 0. The molecule has 0 bridgehead atoms. The van der Waals surface area contributed by atoms with Crippen LogP contribution in [0.1, 0.15) is 11.1 Å². The minimum Gasteiger partial charge on any atom is -0.316 e. The maximum Gasteiger partial charge on any atom is 0.0202 e. The lowest BCUT2D eigenvalue weighted by Crippen LogP contribution is -2.04. The van der Waals surface area contributed by atoms with Crippen LogP contribution in [0.15, 0.2) is 24.3 Å². The molecule has 66 valence electrons. The Bertz CT molecular complexity index is 193. The summed E-state index contributed by atoms with van der Waals surface area (Å²) in [4.78, 5) is 0. The van der Waals surface area contributed by atoms with E-state index in [-0.39, 0.29) is 0 Å². The molecule has 1 aromatic rings. The average Bonchev–Trinajstić information content (AvgIpc) is 2.09. The van der Waals surface area contributed by atoms with Crippen LogP contribution in [0, 0.1) is 0 Å². The van der Waals surface area contributed by atoms with Gasteiger partial charge < -0.3 is 5.32 Å². The minimum absolute atomic E-state index is 0.958. The van der Waals surface area contributed by atoms with Crippen LogP contribution in [0.5, 0.6) is 0 Å². The van der Waals surface area contributed by atoms with Crippen molar-refractivity contribution in [2.24, 2.45) is 0 Å². The lowest BCUT2D eigenvalue weighted by molar-refractivity contribution is 0.817. The molecule has 0 saturated heterocycles. The first-order chi connectivity index (χ1) is 5.86. The summed E-state index contributed by atoms with van der Waals surface area (Å²) in [5.41, 5.74) is 2.75. The molecule has 12 heavy (non-hydrogen) atoms. The number of rotatable bonds is 4. The van der Waals surface area contributed by atoms with Crippen molar-refractivity contribution in [1.82, 2.24) is 5.32 Å². The molecular formula is C10H15NS. The molecule has 0 fully saturated rings. The van der Waals surface area contributed by atoms with Gasteiger partial charge in [0.2, 0.25) is 0 Å². The van der Waals surface area contributed by atoms with E-state index in [1.165, 1.54) is 11.1 Å². The molecule has 0 radical (unpaired) electrons. The summed E-state index contributed by atoms with van der Waals surface area (Å²) in [6.07, 6.45) is 2.13. The molecular weight excluding hydrogens is 166 g/mol. The molecule has 0 aliphatic carbocycles. The summed E-state index contributed by atoms with van der Waals surface area (Å²) in [5.74, 6) is 1.11. The van der Waals surface area contributed by atoms with Crippen molar-refractivity contribution >= 4 is 11.8 Å². The Balaban J connectivity index is 2.58. The Hall–Kier alpha value is -0.470. The summed E-state index contributed by atoms with van der Waals surface area (Å²) in [5, 5.41) is 3.13. The largest absolute Gasteiger partial charge is 0.316 e. The van der Waals surface area contributed by atoms with Gasteiger partial charge in [0.25, 0.3) is 0 Å². The summed E-state index contributed by atoms with van der Waals surface area (Å²) in [7, 11) is 1.97. The molecule has 0 heterocycles. The Labute approximate surface area is 78.6 Å². The zero-order valence-electron chi connectivity index (χ0n) is 7.63. The standard InChI is InChI=1S/C10H15NS/c1-11-7-9-3-5-10(6-4-9)8-12-2/h3-6,11H,7-8H2,1-2H3. The van der Waals surface area contributed by atoms with Gasteiger partial charge in [0.1, 0.15) is 0 Å². The van der Waals surface area contributed by atoms with Gasteiger partial charge in [-0.15, -0.1) is 0 Å². The van der Waals surface area contributed by atoms with Crippen LogP contribution in [0.4, 0.5) is 0 Å². The molecule has 0 atom stereocenters. The number of hydrogen-bond donors (Lipinski definition) is 1. The Morgan fingerprint density at radius 2 is 1.75 bits per heavy atom. The fourth-order valence-electron chi connectivity index (χ4n) is 1.12. The van der Waals surface area contributed by atoms with Crippen LogP contribution in [-0.4, -0.2) is 13.3 Å². The quantitative estimate of drug-likeness (QED) is 0.764. The fraction of sp³-hybridized carbons (Fsp3) is 0.400. The first-order valence-electron chi connectivity index (χ1n) is 4.08. The van der Waals surface area contributed by atoms with Gasteiger partial charge in [-0.05, 0) is 24.4 Å². The van der Waals surface area contributed by atoms with Crippen molar-refractivity contribution in [1.29, 1.82) is 0 Å². The Kier molecular flexibility index (Phi) is 4.19. The van der Waals surface area contributed by atoms with Gasteiger partial charge in [0.15, 0.2) is 0 Å². The second kappa shape index (κ2) is 5.22. The first kappa shape index (κ1) is 9.62. The Morgan fingerprint density at radius 1 is 1.17 bits per heavy atom. The third kappa shape index (κ3) is 2.88. The Morgan fingerprint density at radius 3 is 2.25 bits per heavy atom. The number of nitrogens with one attached hydrogen (secondary N) is 1. The van der Waals surface area contributed by atoms with E-state index in [9.17, 15) is 0 Å². The molecule has 0 saturated carbocycles. The second-order valence-corrected chi connectivity index (χ2v) is 3.65. The van der Waals surface area contributed by atoms with Crippen LogP contribution < -0.4 is 5.32 Å². The van der Waals surface area contributed by atoms with E-state index < -0.39 is 0 Å². The highest BCUT2D eigenvalue weighted by Gasteiger charge is 1.92. The van der Waals surface area contributed by atoms with Crippen LogP contribution in [0.2, 0.25) is 0 Å². The summed E-state index contributed by atoms with van der Waals surface area (Å²) in [6, 6.07) is 8.76. The lowest BCUT2D eigenvalue weighted by atomic mass is 10.1. The van der Waals surface area contributed by atoms with Gasteiger partial charge in [-0.1, -0.05) is 24.3 Å². The molecule has 0 aliphatic heterocycles. The highest BCUT2D eigenvalue weighted by molar-refractivity contribution is 7.97. The highest BCUT2D eigenvalue weighted by Crippen LogP contribution is 2.10. The average molecular weight is 181 g/mol. The van der Waals surface area contributed by atoms with Crippen LogP contribution >= 0.6 is 11.8 Å². The van der Waals surface area contributed by atoms with Gasteiger partial charge in [-0.2, -0.15) is 11.8 Å². The van der Waals surface area contributed by atoms with Crippen LogP contribution in [0.3, 0.4) is 0 Å². The first-order valence-corrected chi connectivity index (χ1v) is 5.47. The smallest absolute Gasteiger partial charge is 0.0202 e. The normalized spacial score (nSPS) is 10.2. The maximum absolute atomic E-state index is 3.13. The maximum atomic E-state index is 3.13. The van der Waals surface area contributed by atoms with Crippen molar-refractivity contribution < 1.29 is 0 Å². The van der Waals surface area contributed by atoms with Crippen molar-refractivity contribution in [3.8, 4) is 0 Å². The molecule has 1 rings (SSSR count). The van der Waals surface area contributed by atoms with Gasteiger partial charge in [-0.3, -0.25) is 0 Å². The second-order valence-electron chi connectivity index (χ2n) is 2.78. The topological polar surface area (TPSA) is 12.0 Å². The number of thioether (sulfide) groups is 1. The summed E-state index contributed by atoms with van der Waals surface area (Å²) in [6.45, 7) is 0.958. The van der Waals surface area contributed by atoms with E-state index in [2.05, 4.69) is 35.8 Å². The van der Waals surface area contributed by atoms with Crippen molar-refractivity contribution in [3.05, 3.63) is 35.4 Å². The monoisotopic (exact) mass is 181 g/mol. The van der Waals surface area contributed by atoms with Crippen molar-refractivity contribution in [2.45, 2.75) is 12.3 Å². The SMILES string of the molecule is CNCc1ccc(CSC)cc1. The molecule has 1 N–H and O–H groups in total. The number of hydrogen-bond acceptors (Lipinski definition) is 2. The zero-order chi connectivity index (χ0) is 8.81. The molecule has 0 aromatic heterocycles. The van der Waals surface area contributed by atoms with E-state index in [1.54, 1.807) is 0 Å². The predicted molar refractivity (Wildman–Crippen MR) is 56.4 cm³/mol. The third-order valence-electron chi connectivity index (χ3n) is 1.71. The molecule has 0 aliphatic rings. The van der Waals surface area contributed by atoms with Crippen LogP contribution in [0.25, 0.3) is 0 Å². The van der Waals surface area contributed by atoms with E-state index >= 15 is 0 Å². The molecule has 0 spiro atoms. The van der Waals surface area contributed by atoms with E-state index in [0.29, 0.717) is 0 Å². The zero-order valence-corrected chi connectivity index (χ0v) is 8.45. The lowest BCUT2D eigenvalue weighted by Gasteiger charge is -2.01. The van der Waals surface area contributed by atoms with Crippen molar-refractivity contribution in [3.63, 3.8) is 0 Å². The molecule has 1 nitrogen and oxygen atoms in total. The van der Waals surface area contributed by atoms with Gasteiger partial charge in [0.05, 0.1) is 0 Å². The van der Waals surface area contributed by atoms with E-state index in [1.807, 2.05) is 18.8 Å². The molecule has 2 heteroatoms. The predicted octanol–water partition coefficient (Wildman–Crippen LogP) is 2.27. The van der Waals surface area contributed by atoms with Crippen LogP contribution in [-0.2, 0) is 12.3 Å². The van der Waals surface area contributed by atoms with Crippen molar-refractivity contribution in [2.75, 3.05) is 13.3 Å². The van der Waals surface area contributed by atoms with Gasteiger partial charge in [-0.25, -0.2) is 0 Å². The van der Waals surface area contributed by atoms with E-state index in [4.69, 9.17) is 0 Å². The fourth-order valence-corrected chi connectivity index (χ4v) is 1.65. The molecule has 1 aromatic carbocycles. The van der Waals surface area contributed by atoms with Gasteiger partial charge in [0, 0.05) is 12.3 Å². The third-order valence-corrected chi connectivity index (χ3v) is 2.34. The number of benzene rings is 1. The highest BCUT2D eigenvalue weighted by atomic mass is 32.2. The minimum atomic E-state index is 0.958. The molecule has 0 unspecified atom stereocenters. The van der Waals surface area contributed by atoms with Gasteiger partial charge >= 0.3 is 0 Å². The van der Waals surface area contributed by atoms with E-state index in [0.717, 1.165) is 12.3 Å². The summed E-state index contributed by atoms with van der Waals surface area (Å²) >= 11 is 1.86.